The molecule has 0 aliphatic carbocycles. The Balaban J connectivity index is 2.15. The van der Waals surface area contributed by atoms with Crippen molar-refractivity contribution < 1.29 is 9.50 Å². The molecule has 3 heteroatoms. The van der Waals surface area contributed by atoms with Gasteiger partial charge in [-0.3, -0.25) is 0 Å². The molecule has 0 aliphatic rings. The average Bonchev–Trinajstić information content (AvgIpc) is 2.41. The number of rotatable bonds is 4. The van der Waals surface area contributed by atoms with Crippen molar-refractivity contribution in [3.05, 3.63) is 65.0 Å². The van der Waals surface area contributed by atoms with Crippen LogP contribution < -0.4 is 4.90 Å². The van der Waals surface area contributed by atoms with Gasteiger partial charge in [-0.05, 0) is 30.2 Å². The fraction of sp³-hybridized carbons (Fsp3) is 0.250. The molecule has 0 aliphatic heterocycles. The van der Waals surface area contributed by atoms with E-state index >= 15 is 0 Å². The summed E-state index contributed by atoms with van der Waals surface area (Å²) in [4.78, 5) is 1.86. The van der Waals surface area contributed by atoms with Crippen LogP contribution in [0.15, 0.2) is 42.5 Å². The van der Waals surface area contributed by atoms with E-state index in [1.165, 1.54) is 11.6 Å². The predicted octanol–water partition coefficient (Wildman–Crippen LogP) is 3.26. The Morgan fingerprint density at radius 3 is 2.26 bits per heavy atom. The zero-order valence-electron chi connectivity index (χ0n) is 11.2. The number of aliphatic hydroxyl groups excluding tert-OH is 1. The van der Waals surface area contributed by atoms with Crippen LogP contribution in [-0.4, -0.2) is 12.2 Å². The second-order valence-corrected chi connectivity index (χ2v) is 4.79. The summed E-state index contributed by atoms with van der Waals surface area (Å²) in [6, 6.07) is 13.0. The standard InChI is InChI=1S/C16H18FNO/c1-12-3-5-13(6-4-12)10-18(2)16-8-7-14(11-19)9-15(16)17/h3-9,19H,10-11H2,1-2H3. The molecule has 0 atom stereocenters. The number of hydrogen-bond donors (Lipinski definition) is 1. The van der Waals surface area contributed by atoms with E-state index in [2.05, 4.69) is 0 Å². The maximum Gasteiger partial charge on any atom is 0.146 e. The first-order valence-corrected chi connectivity index (χ1v) is 6.26. The molecule has 19 heavy (non-hydrogen) atoms. The highest BCUT2D eigenvalue weighted by Crippen LogP contribution is 2.21. The number of nitrogens with zero attached hydrogens (tertiary/aromatic N) is 1. The Morgan fingerprint density at radius 1 is 1.05 bits per heavy atom. The van der Waals surface area contributed by atoms with Crippen LogP contribution in [0.25, 0.3) is 0 Å². The van der Waals surface area contributed by atoms with Crippen molar-refractivity contribution in [2.45, 2.75) is 20.1 Å². The van der Waals surface area contributed by atoms with Gasteiger partial charge in [0.05, 0.1) is 12.3 Å². The van der Waals surface area contributed by atoms with E-state index in [0.29, 0.717) is 17.8 Å². The van der Waals surface area contributed by atoms with Gasteiger partial charge < -0.3 is 10.0 Å². The highest BCUT2D eigenvalue weighted by molar-refractivity contribution is 5.49. The van der Waals surface area contributed by atoms with E-state index in [9.17, 15) is 4.39 Å². The molecule has 0 fully saturated rings. The molecule has 2 aromatic carbocycles. The molecular formula is C16H18FNO. The topological polar surface area (TPSA) is 23.5 Å². The van der Waals surface area contributed by atoms with Crippen LogP contribution in [0.1, 0.15) is 16.7 Å². The molecule has 0 heterocycles. The van der Waals surface area contributed by atoms with E-state index in [4.69, 9.17) is 5.11 Å². The molecule has 0 radical (unpaired) electrons. The van der Waals surface area contributed by atoms with E-state index < -0.39 is 0 Å². The lowest BCUT2D eigenvalue weighted by Crippen LogP contribution is -2.17. The Kier molecular flexibility index (Phi) is 4.17. The van der Waals surface area contributed by atoms with Crippen molar-refractivity contribution in [1.82, 2.24) is 0 Å². The lowest BCUT2D eigenvalue weighted by atomic mass is 10.1. The van der Waals surface area contributed by atoms with E-state index in [1.54, 1.807) is 12.1 Å². The van der Waals surface area contributed by atoms with Crippen LogP contribution >= 0.6 is 0 Å². The van der Waals surface area contributed by atoms with Crippen molar-refractivity contribution in [3.8, 4) is 0 Å². The van der Waals surface area contributed by atoms with Crippen molar-refractivity contribution in [2.24, 2.45) is 0 Å². The van der Waals surface area contributed by atoms with Crippen molar-refractivity contribution in [1.29, 1.82) is 0 Å². The molecule has 0 spiro atoms. The summed E-state index contributed by atoms with van der Waals surface area (Å²) < 4.78 is 13.9. The fourth-order valence-electron chi connectivity index (χ4n) is 2.01. The van der Waals surface area contributed by atoms with Gasteiger partial charge in [-0.25, -0.2) is 4.39 Å². The quantitative estimate of drug-likeness (QED) is 0.911. The number of benzene rings is 2. The first-order valence-electron chi connectivity index (χ1n) is 6.26. The maximum atomic E-state index is 13.9. The molecule has 0 saturated heterocycles. The van der Waals surface area contributed by atoms with Gasteiger partial charge in [0.1, 0.15) is 5.82 Å². The maximum absolute atomic E-state index is 13.9. The average molecular weight is 259 g/mol. The third kappa shape index (κ3) is 3.32. The smallest absolute Gasteiger partial charge is 0.146 e. The van der Waals surface area contributed by atoms with Gasteiger partial charge >= 0.3 is 0 Å². The van der Waals surface area contributed by atoms with Crippen molar-refractivity contribution in [2.75, 3.05) is 11.9 Å². The molecule has 0 amide bonds. The monoisotopic (exact) mass is 259 g/mol. The third-order valence-corrected chi connectivity index (χ3v) is 3.15. The lowest BCUT2D eigenvalue weighted by Gasteiger charge is -2.20. The summed E-state index contributed by atoms with van der Waals surface area (Å²) >= 11 is 0. The van der Waals surface area contributed by atoms with E-state index in [0.717, 1.165) is 5.56 Å². The zero-order chi connectivity index (χ0) is 13.8. The first kappa shape index (κ1) is 13.6. The number of halogens is 1. The van der Waals surface area contributed by atoms with E-state index in [-0.39, 0.29) is 12.4 Å². The number of aliphatic hydroxyl groups is 1. The molecule has 2 aromatic rings. The van der Waals surface area contributed by atoms with Crippen LogP contribution in [0.5, 0.6) is 0 Å². The fourth-order valence-corrected chi connectivity index (χ4v) is 2.01. The summed E-state index contributed by atoms with van der Waals surface area (Å²) in [5, 5.41) is 8.97. The van der Waals surface area contributed by atoms with Gasteiger partial charge in [0.25, 0.3) is 0 Å². The molecule has 0 unspecified atom stereocenters. The largest absolute Gasteiger partial charge is 0.392 e. The molecule has 2 rings (SSSR count). The minimum Gasteiger partial charge on any atom is -0.392 e. The van der Waals surface area contributed by atoms with Crippen LogP contribution in [0.2, 0.25) is 0 Å². The van der Waals surface area contributed by atoms with Crippen molar-refractivity contribution in [3.63, 3.8) is 0 Å². The van der Waals surface area contributed by atoms with E-state index in [1.807, 2.05) is 43.1 Å². The molecule has 0 bridgehead atoms. The van der Waals surface area contributed by atoms with Gasteiger partial charge in [0.15, 0.2) is 0 Å². The number of anilines is 1. The van der Waals surface area contributed by atoms with Crippen LogP contribution in [0.4, 0.5) is 10.1 Å². The molecule has 100 valence electrons. The lowest BCUT2D eigenvalue weighted by molar-refractivity contribution is 0.281. The van der Waals surface area contributed by atoms with Gasteiger partial charge in [0, 0.05) is 13.6 Å². The minimum absolute atomic E-state index is 0.140. The van der Waals surface area contributed by atoms with Gasteiger partial charge in [-0.15, -0.1) is 0 Å². The summed E-state index contributed by atoms with van der Waals surface area (Å²) in [6.07, 6.45) is 0. The molecule has 0 aromatic heterocycles. The Morgan fingerprint density at radius 2 is 1.68 bits per heavy atom. The SMILES string of the molecule is Cc1ccc(CN(C)c2ccc(CO)cc2F)cc1. The van der Waals surface area contributed by atoms with Gasteiger partial charge in [-0.2, -0.15) is 0 Å². The molecule has 1 N–H and O–H groups in total. The summed E-state index contributed by atoms with van der Waals surface area (Å²) in [7, 11) is 1.86. The third-order valence-electron chi connectivity index (χ3n) is 3.15. The zero-order valence-corrected chi connectivity index (χ0v) is 11.2. The van der Waals surface area contributed by atoms with Gasteiger partial charge in [0.2, 0.25) is 0 Å². The summed E-state index contributed by atoms with van der Waals surface area (Å²) in [5.74, 6) is -0.304. The van der Waals surface area contributed by atoms with Gasteiger partial charge in [-0.1, -0.05) is 35.9 Å². The Labute approximate surface area is 113 Å². The summed E-state index contributed by atoms with van der Waals surface area (Å²) in [5.41, 5.74) is 3.48. The van der Waals surface area contributed by atoms with Crippen LogP contribution in [0.3, 0.4) is 0 Å². The second-order valence-electron chi connectivity index (χ2n) is 4.79. The Bertz CT molecular complexity index is 551. The predicted molar refractivity (Wildman–Crippen MR) is 75.6 cm³/mol. The molecule has 2 nitrogen and oxygen atoms in total. The normalized spacial score (nSPS) is 10.5. The second kappa shape index (κ2) is 5.85. The van der Waals surface area contributed by atoms with Crippen molar-refractivity contribution >= 4 is 5.69 Å². The molecular weight excluding hydrogens is 241 g/mol. The Hall–Kier alpha value is -1.87. The summed E-state index contributed by atoms with van der Waals surface area (Å²) in [6.45, 7) is 2.55. The highest BCUT2D eigenvalue weighted by Gasteiger charge is 2.08. The van der Waals surface area contributed by atoms with Crippen LogP contribution in [0, 0.1) is 12.7 Å². The molecule has 0 saturated carbocycles. The van der Waals surface area contributed by atoms with Crippen LogP contribution in [-0.2, 0) is 13.2 Å². The number of hydrogen-bond acceptors (Lipinski definition) is 2. The first-order chi connectivity index (χ1) is 9.10. The minimum atomic E-state index is -0.304. The highest BCUT2D eigenvalue weighted by atomic mass is 19.1. The number of aryl methyl sites for hydroxylation is 1.